The van der Waals surface area contributed by atoms with E-state index in [4.69, 9.17) is 0 Å². The first-order valence-electron chi connectivity index (χ1n) is 10.8. The first-order valence-corrected chi connectivity index (χ1v) is 10.8. The molecule has 28 heavy (non-hydrogen) atoms. The Labute approximate surface area is 172 Å². The fraction of sp³-hybridized carbons (Fsp3) is 0.407. The van der Waals surface area contributed by atoms with Gasteiger partial charge in [0.15, 0.2) is 0 Å². The lowest BCUT2D eigenvalue weighted by atomic mass is 9.74. The van der Waals surface area contributed by atoms with Gasteiger partial charge in [0, 0.05) is 0 Å². The average Bonchev–Trinajstić information content (AvgIpc) is 3.03. The van der Waals surface area contributed by atoms with E-state index in [1.165, 1.54) is 56.4 Å². The van der Waals surface area contributed by atoms with Gasteiger partial charge in [-0.3, -0.25) is 0 Å². The van der Waals surface area contributed by atoms with Crippen LogP contribution in [0.25, 0.3) is 11.1 Å². The summed E-state index contributed by atoms with van der Waals surface area (Å²) in [5.41, 5.74) is 18.3. The Hall–Kier alpha value is -2.02. The van der Waals surface area contributed by atoms with Crippen molar-refractivity contribution in [2.24, 2.45) is 0 Å². The summed E-state index contributed by atoms with van der Waals surface area (Å²) in [6.07, 6.45) is 5.94. The van der Waals surface area contributed by atoms with E-state index in [2.05, 4.69) is 80.6 Å². The minimum Gasteiger partial charge on any atom is -0.0779 e. The Kier molecular flexibility index (Phi) is 4.49. The van der Waals surface area contributed by atoms with Gasteiger partial charge in [0.05, 0.1) is 0 Å². The zero-order valence-electron chi connectivity index (χ0n) is 18.9. The second kappa shape index (κ2) is 6.51. The van der Waals surface area contributed by atoms with E-state index in [9.17, 15) is 0 Å². The van der Waals surface area contributed by atoms with Crippen LogP contribution in [0.1, 0.15) is 78.1 Å². The highest BCUT2D eigenvalue weighted by atomic mass is 14.4. The molecule has 0 radical (unpaired) electrons. The number of hydrogen-bond donors (Lipinski definition) is 0. The van der Waals surface area contributed by atoms with Gasteiger partial charge in [-0.15, -0.1) is 0 Å². The Bertz CT molecular complexity index is 1030. The van der Waals surface area contributed by atoms with Crippen molar-refractivity contribution < 1.29 is 0 Å². The Morgan fingerprint density at radius 1 is 0.857 bits per heavy atom. The number of hydrogen-bond acceptors (Lipinski definition) is 0. The lowest BCUT2D eigenvalue weighted by Crippen LogP contribution is -2.20. The number of benzene rings is 2. The maximum Gasteiger partial charge on any atom is 0.140 e. The van der Waals surface area contributed by atoms with Crippen molar-refractivity contribution in [3.63, 3.8) is 0 Å². The van der Waals surface area contributed by atoms with Gasteiger partial charge in [0.1, 0.15) is 7.85 Å². The second-order valence-corrected chi connectivity index (χ2v) is 9.87. The third-order valence-electron chi connectivity index (χ3n) is 7.36. The van der Waals surface area contributed by atoms with Gasteiger partial charge < -0.3 is 0 Å². The molecule has 0 aromatic heterocycles. The molecule has 0 N–H and O–H groups in total. The molecule has 2 aliphatic rings. The van der Waals surface area contributed by atoms with Gasteiger partial charge in [-0.05, 0) is 108 Å². The van der Waals surface area contributed by atoms with Gasteiger partial charge in [0.2, 0.25) is 0 Å². The lowest BCUT2D eigenvalue weighted by molar-refractivity contribution is 0.584. The van der Waals surface area contributed by atoms with E-state index in [1.807, 2.05) is 0 Å². The summed E-state index contributed by atoms with van der Waals surface area (Å²) in [6.45, 7) is 16.2. The van der Waals surface area contributed by atoms with Crippen molar-refractivity contribution in [1.29, 1.82) is 0 Å². The minimum absolute atomic E-state index is 0.187. The molecular weight excluding hydrogens is 335 g/mol. The van der Waals surface area contributed by atoms with Crippen molar-refractivity contribution in [3.8, 4) is 0 Å². The zero-order chi connectivity index (χ0) is 20.4. The molecule has 0 atom stereocenters. The van der Waals surface area contributed by atoms with E-state index < -0.39 is 0 Å². The summed E-state index contributed by atoms with van der Waals surface area (Å²) in [4.78, 5) is 0. The fourth-order valence-electron chi connectivity index (χ4n) is 5.39. The average molecular weight is 368 g/mol. The smallest absolute Gasteiger partial charge is 0.0779 e. The van der Waals surface area contributed by atoms with Crippen molar-refractivity contribution >= 4 is 24.5 Å². The third-order valence-corrected chi connectivity index (χ3v) is 7.36. The monoisotopic (exact) mass is 368 g/mol. The fourth-order valence-corrected chi connectivity index (χ4v) is 5.39. The van der Waals surface area contributed by atoms with Crippen LogP contribution in [0.2, 0.25) is 0 Å². The molecule has 2 aliphatic carbocycles. The number of allylic oxidation sites excluding steroid dienone is 4. The molecule has 0 fully saturated rings. The summed E-state index contributed by atoms with van der Waals surface area (Å²) >= 11 is 0. The van der Waals surface area contributed by atoms with Crippen molar-refractivity contribution in [3.05, 3.63) is 74.4 Å². The molecule has 0 saturated heterocycles. The van der Waals surface area contributed by atoms with Crippen LogP contribution in [0.15, 0.2) is 29.8 Å². The van der Waals surface area contributed by atoms with Crippen LogP contribution in [0.4, 0.5) is 0 Å². The highest BCUT2D eigenvalue weighted by molar-refractivity contribution is 6.36. The van der Waals surface area contributed by atoms with Gasteiger partial charge >= 0.3 is 0 Å². The molecule has 2 aromatic rings. The summed E-state index contributed by atoms with van der Waals surface area (Å²) in [6, 6.07) is 6.97. The van der Waals surface area contributed by atoms with Crippen LogP contribution in [0, 0.1) is 27.7 Å². The molecule has 0 bridgehead atoms. The van der Waals surface area contributed by atoms with E-state index >= 15 is 0 Å². The van der Waals surface area contributed by atoms with Crippen LogP contribution < -0.4 is 5.46 Å². The maximum absolute atomic E-state index is 2.52. The van der Waals surface area contributed by atoms with Crippen LogP contribution in [-0.2, 0) is 11.8 Å². The van der Waals surface area contributed by atoms with Crippen LogP contribution in [0.3, 0.4) is 0 Å². The first kappa shape index (κ1) is 19.3. The SMILES string of the molecule is Bc1c(C)c(C)c(C)c(C)c1C1=CCCC2=C1Cc1c2cccc1C(C)(C)C. The maximum atomic E-state index is 2.52. The lowest BCUT2D eigenvalue weighted by Gasteiger charge is -2.25. The quantitative estimate of drug-likeness (QED) is 0.570. The molecule has 0 unspecified atom stereocenters. The van der Waals surface area contributed by atoms with E-state index in [1.54, 1.807) is 16.7 Å². The van der Waals surface area contributed by atoms with Crippen LogP contribution in [0.5, 0.6) is 0 Å². The van der Waals surface area contributed by atoms with Crippen molar-refractivity contribution in [1.82, 2.24) is 0 Å². The van der Waals surface area contributed by atoms with Crippen LogP contribution >= 0.6 is 0 Å². The molecule has 0 heterocycles. The zero-order valence-corrected chi connectivity index (χ0v) is 18.9. The summed E-state index contributed by atoms with van der Waals surface area (Å²) in [5, 5.41) is 0. The summed E-state index contributed by atoms with van der Waals surface area (Å²) in [7, 11) is 2.32. The molecule has 2 aromatic carbocycles. The summed E-state index contributed by atoms with van der Waals surface area (Å²) in [5.74, 6) is 0. The largest absolute Gasteiger partial charge is 0.140 e. The molecule has 4 rings (SSSR count). The summed E-state index contributed by atoms with van der Waals surface area (Å²) < 4.78 is 0. The number of rotatable bonds is 1. The molecule has 0 amide bonds. The van der Waals surface area contributed by atoms with Crippen molar-refractivity contribution in [2.45, 2.75) is 73.1 Å². The topological polar surface area (TPSA) is 0 Å². The number of fused-ring (bicyclic) bond motifs is 2. The van der Waals surface area contributed by atoms with E-state index in [0.29, 0.717) is 0 Å². The van der Waals surface area contributed by atoms with Crippen LogP contribution in [-0.4, -0.2) is 7.85 Å². The van der Waals surface area contributed by atoms with Crippen molar-refractivity contribution in [2.75, 3.05) is 0 Å². The molecule has 0 spiro atoms. The Morgan fingerprint density at radius 2 is 1.54 bits per heavy atom. The molecule has 0 nitrogen and oxygen atoms in total. The third kappa shape index (κ3) is 2.74. The molecule has 144 valence electrons. The molecular formula is C27H33B. The van der Waals surface area contributed by atoms with Gasteiger partial charge in [0.25, 0.3) is 0 Å². The second-order valence-electron chi connectivity index (χ2n) is 9.87. The van der Waals surface area contributed by atoms with Gasteiger partial charge in [-0.1, -0.05) is 56.1 Å². The Balaban J connectivity index is 1.90. The predicted molar refractivity (Wildman–Crippen MR) is 127 cm³/mol. The first-order chi connectivity index (χ1) is 13.1. The Morgan fingerprint density at radius 3 is 2.21 bits per heavy atom. The normalized spacial score (nSPS) is 16.2. The standard InChI is InChI=1S/C27H33B/c1-15-16(2)18(4)26(28)25(17(15)3)21-12-8-10-19-20-11-9-13-24(27(5,6)7)23(20)14-22(19)21/h9,11-13H,8,10,14,28H2,1-7H3. The van der Waals surface area contributed by atoms with Gasteiger partial charge in [-0.2, -0.15) is 0 Å². The predicted octanol–water partition coefficient (Wildman–Crippen LogP) is 5.66. The van der Waals surface area contributed by atoms with E-state index in [0.717, 1.165) is 12.8 Å². The minimum atomic E-state index is 0.187. The molecule has 0 saturated carbocycles. The molecule has 1 heteroatoms. The highest BCUT2D eigenvalue weighted by Crippen LogP contribution is 2.48. The van der Waals surface area contributed by atoms with E-state index in [-0.39, 0.29) is 5.41 Å². The molecule has 0 aliphatic heterocycles. The highest BCUT2D eigenvalue weighted by Gasteiger charge is 2.31. The van der Waals surface area contributed by atoms with Gasteiger partial charge in [-0.25, -0.2) is 0 Å².